The fourth-order valence-corrected chi connectivity index (χ4v) is 2.14. The second-order valence-electron chi connectivity index (χ2n) is 4.60. The van der Waals surface area contributed by atoms with Crippen molar-refractivity contribution < 1.29 is 19.0 Å². The fraction of sp³-hybridized carbons (Fsp3) is 0.917. The van der Waals surface area contributed by atoms with E-state index in [0.29, 0.717) is 19.6 Å². The lowest BCUT2D eigenvalue weighted by molar-refractivity contribution is -0.150. The van der Waals surface area contributed by atoms with E-state index in [1.807, 2.05) is 0 Å². The van der Waals surface area contributed by atoms with Crippen molar-refractivity contribution in [2.24, 2.45) is 0 Å². The van der Waals surface area contributed by atoms with E-state index >= 15 is 0 Å². The van der Waals surface area contributed by atoms with E-state index in [-0.39, 0.29) is 18.1 Å². The van der Waals surface area contributed by atoms with E-state index in [1.165, 1.54) is 6.42 Å². The molecule has 0 amide bonds. The van der Waals surface area contributed by atoms with Crippen LogP contribution in [0.2, 0.25) is 0 Å². The standard InChI is InChI=1S/C12H21NO4/c14-12(7-10-8-15-6-4-13-10)17-9-11-3-1-2-5-16-11/h10-11,13H,1-9H2. The highest BCUT2D eigenvalue weighted by Gasteiger charge is 2.20. The third-order valence-electron chi connectivity index (χ3n) is 3.12. The Bertz CT molecular complexity index is 235. The summed E-state index contributed by atoms with van der Waals surface area (Å²) in [6.07, 6.45) is 3.77. The smallest absolute Gasteiger partial charge is 0.307 e. The second-order valence-corrected chi connectivity index (χ2v) is 4.60. The van der Waals surface area contributed by atoms with Gasteiger partial charge in [0, 0.05) is 19.2 Å². The molecule has 2 rings (SSSR count). The molecule has 0 bridgehead atoms. The van der Waals surface area contributed by atoms with Crippen molar-refractivity contribution in [3.05, 3.63) is 0 Å². The van der Waals surface area contributed by atoms with Crippen LogP contribution in [0.3, 0.4) is 0 Å². The third-order valence-corrected chi connectivity index (χ3v) is 3.12. The summed E-state index contributed by atoms with van der Waals surface area (Å²) in [6.45, 7) is 3.31. The van der Waals surface area contributed by atoms with Crippen molar-refractivity contribution in [2.75, 3.05) is 33.0 Å². The van der Waals surface area contributed by atoms with Gasteiger partial charge in [-0.25, -0.2) is 0 Å². The molecule has 0 aromatic heterocycles. The number of morpholine rings is 1. The molecular weight excluding hydrogens is 222 g/mol. The number of ether oxygens (including phenoxy) is 3. The largest absolute Gasteiger partial charge is 0.463 e. The lowest BCUT2D eigenvalue weighted by Crippen LogP contribution is -2.42. The van der Waals surface area contributed by atoms with E-state index in [9.17, 15) is 4.79 Å². The summed E-state index contributed by atoms with van der Waals surface area (Å²) >= 11 is 0. The number of hydrogen-bond acceptors (Lipinski definition) is 5. The van der Waals surface area contributed by atoms with Gasteiger partial charge in [-0.2, -0.15) is 0 Å². The van der Waals surface area contributed by atoms with Gasteiger partial charge in [-0.05, 0) is 19.3 Å². The molecule has 2 aliphatic heterocycles. The molecule has 0 radical (unpaired) electrons. The molecule has 17 heavy (non-hydrogen) atoms. The maximum Gasteiger partial charge on any atom is 0.307 e. The Labute approximate surface area is 102 Å². The summed E-state index contributed by atoms with van der Waals surface area (Å²) in [5.41, 5.74) is 0. The lowest BCUT2D eigenvalue weighted by Gasteiger charge is -2.24. The van der Waals surface area contributed by atoms with Crippen LogP contribution in [0.5, 0.6) is 0 Å². The molecule has 0 aromatic carbocycles. The van der Waals surface area contributed by atoms with Crippen molar-refractivity contribution in [1.82, 2.24) is 5.32 Å². The predicted octanol–water partition coefficient (Wildman–Crippen LogP) is 0.477. The molecule has 5 nitrogen and oxygen atoms in total. The zero-order valence-corrected chi connectivity index (χ0v) is 10.2. The van der Waals surface area contributed by atoms with Gasteiger partial charge in [-0.1, -0.05) is 0 Å². The zero-order valence-electron chi connectivity index (χ0n) is 10.2. The highest BCUT2D eigenvalue weighted by Crippen LogP contribution is 2.13. The number of nitrogens with one attached hydrogen (secondary N) is 1. The van der Waals surface area contributed by atoms with Gasteiger partial charge in [-0.3, -0.25) is 4.79 Å². The molecule has 0 aromatic rings. The Morgan fingerprint density at radius 1 is 1.35 bits per heavy atom. The molecule has 1 N–H and O–H groups in total. The van der Waals surface area contributed by atoms with E-state index in [1.54, 1.807) is 0 Å². The van der Waals surface area contributed by atoms with Crippen LogP contribution in [0.15, 0.2) is 0 Å². The van der Waals surface area contributed by atoms with E-state index in [0.717, 1.165) is 32.6 Å². The highest BCUT2D eigenvalue weighted by atomic mass is 16.6. The number of carbonyl (C=O) groups is 1. The molecule has 2 heterocycles. The van der Waals surface area contributed by atoms with Crippen LogP contribution in [0.1, 0.15) is 25.7 Å². The van der Waals surface area contributed by atoms with Crippen LogP contribution in [0.4, 0.5) is 0 Å². The SMILES string of the molecule is O=C(CC1COCCN1)OCC1CCCCO1. The summed E-state index contributed by atoms with van der Waals surface area (Å²) in [6, 6.07) is 0.100. The summed E-state index contributed by atoms with van der Waals surface area (Å²) in [5.74, 6) is -0.165. The quantitative estimate of drug-likeness (QED) is 0.728. The van der Waals surface area contributed by atoms with E-state index in [4.69, 9.17) is 14.2 Å². The molecule has 2 aliphatic rings. The van der Waals surface area contributed by atoms with Gasteiger partial charge in [0.2, 0.25) is 0 Å². The first-order valence-electron chi connectivity index (χ1n) is 6.43. The zero-order chi connectivity index (χ0) is 11.9. The number of rotatable bonds is 4. The minimum absolute atomic E-state index is 0.100. The maximum absolute atomic E-state index is 11.6. The molecule has 0 aliphatic carbocycles. The first-order chi connectivity index (χ1) is 8.34. The predicted molar refractivity (Wildman–Crippen MR) is 61.8 cm³/mol. The Morgan fingerprint density at radius 2 is 2.29 bits per heavy atom. The minimum atomic E-state index is -0.165. The molecule has 98 valence electrons. The minimum Gasteiger partial charge on any atom is -0.463 e. The molecular formula is C12H21NO4. The summed E-state index contributed by atoms with van der Waals surface area (Å²) in [4.78, 5) is 11.6. The third kappa shape index (κ3) is 4.61. The molecule has 0 saturated carbocycles. The summed E-state index contributed by atoms with van der Waals surface area (Å²) < 4.78 is 16.0. The Kier molecular flexibility index (Phi) is 5.22. The second kappa shape index (κ2) is 6.93. The van der Waals surface area contributed by atoms with Crippen LogP contribution in [-0.2, 0) is 19.0 Å². The Hall–Kier alpha value is -0.650. The van der Waals surface area contributed by atoms with Gasteiger partial charge in [0.05, 0.1) is 25.7 Å². The molecule has 2 fully saturated rings. The molecule has 2 atom stereocenters. The Morgan fingerprint density at radius 3 is 3.00 bits per heavy atom. The molecule has 2 saturated heterocycles. The van der Waals surface area contributed by atoms with Crippen molar-refractivity contribution in [1.29, 1.82) is 0 Å². The normalized spacial score (nSPS) is 29.9. The van der Waals surface area contributed by atoms with Gasteiger partial charge >= 0.3 is 5.97 Å². The highest BCUT2D eigenvalue weighted by molar-refractivity contribution is 5.70. The monoisotopic (exact) mass is 243 g/mol. The first kappa shape index (κ1) is 12.8. The molecule has 2 unspecified atom stereocenters. The van der Waals surface area contributed by atoms with Crippen molar-refractivity contribution >= 4 is 5.97 Å². The van der Waals surface area contributed by atoms with Crippen molar-refractivity contribution in [3.8, 4) is 0 Å². The Balaban J connectivity index is 1.59. The first-order valence-corrected chi connectivity index (χ1v) is 6.43. The average molecular weight is 243 g/mol. The maximum atomic E-state index is 11.6. The van der Waals surface area contributed by atoms with Gasteiger partial charge < -0.3 is 19.5 Å². The average Bonchev–Trinajstić information content (AvgIpc) is 2.39. The van der Waals surface area contributed by atoms with Crippen LogP contribution < -0.4 is 5.32 Å². The van der Waals surface area contributed by atoms with Gasteiger partial charge in [0.15, 0.2) is 0 Å². The summed E-state index contributed by atoms with van der Waals surface area (Å²) in [5, 5.41) is 3.23. The number of hydrogen-bond donors (Lipinski definition) is 1. The number of carbonyl (C=O) groups excluding carboxylic acids is 1. The van der Waals surface area contributed by atoms with Gasteiger partial charge in [-0.15, -0.1) is 0 Å². The van der Waals surface area contributed by atoms with Crippen molar-refractivity contribution in [3.63, 3.8) is 0 Å². The van der Waals surface area contributed by atoms with E-state index < -0.39 is 0 Å². The topological polar surface area (TPSA) is 56.8 Å². The number of esters is 1. The lowest BCUT2D eigenvalue weighted by atomic mass is 10.1. The van der Waals surface area contributed by atoms with Gasteiger partial charge in [0.1, 0.15) is 6.61 Å². The molecule has 5 heteroatoms. The summed E-state index contributed by atoms with van der Waals surface area (Å²) in [7, 11) is 0. The van der Waals surface area contributed by atoms with Crippen LogP contribution in [0, 0.1) is 0 Å². The van der Waals surface area contributed by atoms with Crippen LogP contribution in [0.25, 0.3) is 0 Å². The van der Waals surface area contributed by atoms with E-state index in [2.05, 4.69) is 5.32 Å². The fourth-order valence-electron chi connectivity index (χ4n) is 2.14. The van der Waals surface area contributed by atoms with Crippen LogP contribution >= 0.6 is 0 Å². The van der Waals surface area contributed by atoms with Crippen LogP contribution in [-0.4, -0.2) is 51.1 Å². The van der Waals surface area contributed by atoms with Crippen molar-refractivity contribution in [2.45, 2.75) is 37.8 Å². The van der Waals surface area contributed by atoms with Gasteiger partial charge in [0.25, 0.3) is 0 Å². The molecule has 0 spiro atoms.